The lowest BCUT2D eigenvalue weighted by Gasteiger charge is -2.35. The second-order valence-corrected chi connectivity index (χ2v) is 25.3. The molecule has 0 unspecified atom stereocenters. The summed E-state index contributed by atoms with van der Waals surface area (Å²) in [6, 6.07) is 39.1. The first-order valence-electron chi connectivity index (χ1n) is 27.7. The molecule has 9 aromatic rings. The molecule has 388 valence electrons. The number of fused-ring (bicyclic) bond motifs is 4. The first-order chi connectivity index (χ1) is 38.3. The van der Waals surface area contributed by atoms with Gasteiger partial charge < -0.3 is 0 Å². The number of hydrogen-bond donors (Lipinski definition) is 0. The number of nitrogens with zero attached hydrogens (tertiary/aromatic N) is 2. The average molecular weight is 1100 g/mol. The summed E-state index contributed by atoms with van der Waals surface area (Å²) in [6.45, 7) is 4.57. The molecule has 78 heavy (non-hydrogen) atoms. The standard InChI is InChI=1S/C68H58N2O4S4/c1-3-5-7-9-11-15-44(16-12-10-8-6-4-2)70-65(73)54-33-29-49-47-27-31-52-59-53(32-28-48(57(47)59)50-30-34-55(66(70)74)60(54)58(49)50)64(72)69(63(52)71)40-43-23-20-41(21-24-43)19-22-42-25-26-51-56(39-42)62(68-77-37-38-78-68)46-18-14-13-17-45(46)61(51)67-75-35-36-76-67/h13-14,17-39,44H,3-12,15-16,40H2,1-2H3/b22-19+. The number of thioether (sulfide) groups is 4. The second kappa shape index (κ2) is 21.6. The summed E-state index contributed by atoms with van der Waals surface area (Å²) in [5.74, 6) is -1.06. The van der Waals surface area contributed by atoms with Gasteiger partial charge in [0.1, 0.15) is 0 Å². The Balaban J connectivity index is 0.782. The third kappa shape index (κ3) is 8.78. The highest BCUT2D eigenvalue weighted by molar-refractivity contribution is 8.35. The Labute approximate surface area is 471 Å². The largest absolute Gasteiger partial charge is 0.271 e. The van der Waals surface area contributed by atoms with Gasteiger partial charge in [0.05, 0.1) is 15.0 Å². The van der Waals surface area contributed by atoms with Crippen molar-refractivity contribution >= 4 is 156 Å². The predicted molar refractivity (Wildman–Crippen MR) is 334 cm³/mol. The fraction of sp³-hybridized carbons (Fsp3) is 0.235. The van der Waals surface area contributed by atoms with Crippen molar-refractivity contribution in [2.45, 2.75) is 103 Å². The van der Waals surface area contributed by atoms with Gasteiger partial charge in [-0.25, -0.2) is 0 Å². The minimum absolute atomic E-state index is 0.135. The number of hydrogen-bond acceptors (Lipinski definition) is 8. The van der Waals surface area contributed by atoms with E-state index < -0.39 is 0 Å². The van der Waals surface area contributed by atoms with E-state index in [9.17, 15) is 19.2 Å². The van der Waals surface area contributed by atoms with Crippen LogP contribution in [-0.4, -0.2) is 39.5 Å². The van der Waals surface area contributed by atoms with Gasteiger partial charge in [-0.3, -0.25) is 29.0 Å². The van der Waals surface area contributed by atoms with E-state index in [1.807, 2.05) is 72.8 Å². The highest BCUT2D eigenvalue weighted by atomic mass is 32.2. The molecule has 0 fully saturated rings. The van der Waals surface area contributed by atoms with Gasteiger partial charge in [-0.15, -0.1) is 0 Å². The maximum absolute atomic E-state index is 14.7. The second-order valence-electron chi connectivity index (χ2n) is 21.1. The number of rotatable bonds is 17. The van der Waals surface area contributed by atoms with E-state index in [0.29, 0.717) is 33.0 Å². The van der Waals surface area contributed by atoms with E-state index in [2.05, 4.69) is 90.1 Å². The molecular weight excluding hydrogens is 1040 g/mol. The number of benzene rings is 9. The molecule has 10 heteroatoms. The normalized spacial score (nSPS) is 15.5. The number of carbonyl (C=O) groups excluding carboxylic acids is 4. The van der Waals surface area contributed by atoms with Gasteiger partial charge >= 0.3 is 0 Å². The van der Waals surface area contributed by atoms with Crippen molar-refractivity contribution in [3.8, 4) is 0 Å². The summed E-state index contributed by atoms with van der Waals surface area (Å²) in [5, 5.41) is 22.9. The molecule has 0 bridgehead atoms. The molecule has 0 aromatic heterocycles. The minimum atomic E-state index is -0.326. The highest BCUT2D eigenvalue weighted by Gasteiger charge is 2.39. The Morgan fingerprint density at radius 1 is 0.410 bits per heavy atom. The molecule has 0 saturated carbocycles. The van der Waals surface area contributed by atoms with Gasteiger partial charge in [-0.2, -0.15) is 0 Å². The monoisotopic (exact) mass is 1090 g/mol. The Kier molecular flexibility index (Phi) is 14.1. The molecule has 4 amide bonds. The summed E-state index contributed by atoms with van der Waals surface area (Å²) in [4.78, 5) is 61.6. The average Bonchev–Trinajstić information content (AvgIpc) is 4.27. The van der Waals surface area contributed by atoms with E-state index in [0.717, 1.165) is 87.5 Å². The van der Waals surface area contributed by atoms with Crippen LogP contribution >= 0.6 is 47.0 Å². The topological polar surface area (TPSA) is 74.8 Å². The van der Waals surface area contributed by atoms with E-state index >= 15 is 0 Å². The zero-order valence-electron chi connectivity index (χ0n) is 43.9. The lowest BCUT2D eigenvalue weighted by molar-refractivity contribution is 0.0514. The smallest absolute Gasteiger partial charge is 0.261 e. The van der Waals surface area contributed by atoms with E-state index in [1.54, 1.807) is 51.9 Å². The lowest BCUT2D eigenvalue weighted by Crippen LogP contribution is -2.47. The van der Waals surface area contributed by atoms with Crippen molar-refractivity contribution in [3.63, 3.8) is 0 Å². The van der Waals surface area contributed by atoms with Crippen LogP contribution in [0.15, 0.2) is 137 Å². The van der Waals surface area contributed by atoms with Crippen LogP contribution in [0, 0.1) is 0 Å². The Morgan fingerprint density at radius 3 is 1.31 bits per heavy atom. The van der Waals surface area contributed by atoms with Crippen LogP contribution in [0.5, 0.6) is 0 Å². The van der Waals surface area contributed by atoms with Crippen molar-refractivity contribution in [1.82, 2.24) is 9.80 Å². The summed E-state index contributed by atoms with van der Waals surface area (Å²) in [7, 11) is 0. The molecule has 13 rings (SSSR count). The van der Waals surface area contributed by atoms with E-state index in [1.165, 1.54) is 83.9 Å². The van der Waals surface area contributed by atoms with Gasteiger partial charge in [-0.05, 0) is 135 Å². The minimum Gasteiger partial charge on any atom is -0.271 e. The van der Waals surface area contributed by atoms with Crippen molar-refractivity contribution < 1.29 is 19.2 Å². The van der Waals surface area contributed by atoms with Gasteiger partial charge in [-0.1, -0.05) is 222 Å². The van der Waals surface area contributed by atoms with Crippen LogP contribution in [0.3, 0.4) is 0 Å². The Hall–Kier alpha value is -6.56. The molecule has 0 atom stereocenters. The molecule has 6 nitrogen and oxygen atoms in total. The molecule has 9 aromatic carbocycles. The van der Waals surface area contributed by atoms with Crippen molar-refractivity contribution in [2.75, 3.05) is 0 Å². The van der Waals surface area contributed by atoms with Crippen molar-refractivity contribution in [2.24, 2.45) is 0 Å². The van der Waals surface area contributed by atoms with Crippen LogP contribution in [0.25, 0.3) is 85.3 Å². The molecular formula is C68H58N2O4S4. The van der Waals surface area contributed by atoms with Gasteiger partial charge in [0.15, 0.2) is 0 Å². The third-order valence-corrected chi connectivity index (χ3v) is 20.7. The van der Waals surface area contributed by atoms with Gasteiger partial charge in [0.2, 0.25) is 0 Å². The lowest BCUT2D eigenvalue weighted by atomic mass is 9.82. The quantitative estimate of drug-likeness (QED) is 0.0294. The maximum Gasteiger partial charge on any atom is 0.261 e. The molecule has 4 heterocycles. The molecule has 0 spiro atoms. The van der Waals surface area contributed by atoms with E-state index in [-0.39, 0.29) is 36.2 Å². The zero-order valence-corrected chi connectivity index (χ0v) is 47.1. The van der Waals surface area contributed by atoms with Gasteiger partial charge in [0.25, 0.3) is 23.6 Å². The van der Waals surface area contributed by atoms with E-state index in [4.69, 9.17) is 0 Å². The van der Waals surface area contributed by atoms with Gasteiger partial charge in [0, 0.05) is 49.5 Å². The molecule has 0 N–H and O–H groups in total. The number of imide groups is 2. The molecule has 0 saturated heterocycles. The van der Waals surface area contributed by atoms with Crippen LogP contribution in [0.4, 0.5) is 0 Å². The van der Waals surface area contributed by atoms with Crippen LogP contribution < -0.4 is 10.4 Å². The van der Waals surface area contributed by atoms with Crippen LogP contribution in [-0.2, 0) is 6.54 Å². The Morgan fingerprint density at radius 2 is 0.821 bits per heavy atom. The maximum atomic E-state index is 14.7. The first-order valence-corrected chi connectivity index (χ1v) is 31.3. The number of unbranched alkanes of at least 4 members (excludes halogenated alkanes) is 8. The predicted octanol–water partition coefficient (Wildman–Crippen LogP) is 17.7. The van der Waals surface area contributed by atoms with Crippen LogP contribution in [0.1, 0.15) is 149 Å². The zero-order chi connectivity index (χ0) is 53.0. The summed E-state index contributed by atoms with van der Waals surface area (Å²) in [6.07, 6.45) is 17.2. The SMILES string of the molecule is CCCCCCCC(CCCCCCC)N1C(=O)c2ccc3c4ccc5c6c(ccc(c7ccc(c2c37)C1=O)c64)C(=O)N(Cc1ccc(/C=C/c2ccc3c(=C4SC=CS4)c4ccccc4c(=C4SC=CS4)c3c2)cc1)C5=O. The number of carbonyl (C=O) groups is 4. The van der Waals surface area contributed by atoms with Crippen LogP contribution in [0.2, 0.25) is 0 Å². The summed E-state index contributed by atoms with van der Waals surface area (Å²) >= 11 is 7.15. The molecule has 0 aliphatic carbocycles. The Bertz CT molecular complexity index is 4060. The fourth-order valence-corrected chi connectivity index (χ4v) is 16.5. The fourth-order valence-electron chi connectivity index (χ4n) is 12.7. The first kappa shape index (κ1) is 50.9. The van der Waals surface area contributed by atoms with Crippen molar-refractivity contribution in [1.29, 1.82) is 0 Å². The molecule has 4 aliphatic heterocycles. The third-order valence-electron chi connectivity index (χ3n) is 16.5. The molecule has 4 aliphatic rings. The summed E-state index contributed by atoms with van der Waals surface area (Å²) in [5.41, 5.74) is 5.08. The van der Waals surface area contributed by atoms with Crippen molar-refractivity contribution in [3.05, 3.63) is 186 Å². The molecule has 0 radical (unpaired) electrons. The highest BCUT2D eigenvalue weighted by Crippen LogP contribution is 2.47. The summed E-state index contributed by atoms with van der Waals surface area (Å²) < 4.78 is 2.59. The number of amides is 4.